The van der Waals surface area contributed by atoms with Crippen LogP contribution in [0.25, 0.3) is 6.08 Å². The summed E-state index contributed by atoms with van der Waals surface area (Å²) in [7, 11) is 0. The first-order valence-electron chi connectivity index (χ1n) is 9.13. The van der Waals surface area contributed by atoms with Gasteiger partial charge in [0.25, 0.3) is 0 Å². The van der Waals surface area contributed by atoms with Crippen LogP contribution in [0.5, 0.6) is 11.5 Å². The maximum absolute atomic E-state index is 8.42. The number of imidazole rings is 1. The molecule has 2 aliphatic rings. The van der Waals surface area contributed by atoms with Crippen molar-refractivity contribution in [3.05, 3.63) is 47.6 Å². The topological polar surface area (TPSA) is 74.2 Å². The summed E-state index contributed by atoms with van der Waals surface area (Å²) in [6.45, 7) is 4.39. The fourth-order valence-corrected chi connectivity index (χ4v) is 3.51. The van der Waals surface area contributed by atoms with Crippen LogP contribution in [-0.4, -0.2) is 46.5 Å². The summed E-state index contributed by atoms with van der Waals surface area (Å²) in [6, 6.07) is 6.10. The molecule has 2 N–H and O–H groups in total. The van der Waals surface area contributed by atoms with Crippen LogP contribution in [0.1, 0.15) is 31.2 Å². The highest BCUT2D eigenvalue weighted by Gasteiger charge is 2.23. The predicted molar refractivity (Wildman–Crippen MR) is 101 cm³/mol. The number of hydrogen-bond donors (Lipinski definition) is 2. The summed E-state index contributed by atoms with van der Waals surface area (Å²) in [5.74, 6) is 3.26. The Hall–Kier alpha value is -2.76. The number of benzene rings is 1. The highest BCUT2D eigenvalue weighted by atomic mass is 16.5. The molecule has 1 aromatic heterocycles. The molecular formula is C20H24N4O2. The molecule has 136 valence electrons. The number of aromatic nitrogens is 2. The Bertz CT molecular complexity index is 805. The Kier molecular flexibility index (Phi) is 4.65. The number of ether oxygens (including phenoxy) is 2. The van der Waals surface area contributed by atoms with Gasteiger partial charge in [-0.15, -0.1) is 0 Å². The minimum atomic E-state index is 0.203. The Morgan fingerprint density at radius 2 is 2.23 bits per heavy atom. The number of aromatic amines is 1. The molecule has 1 aromatic carbocycles. The zero-order valence-electron chi connectivity index (χ0n) is 15.0. The smallest absolute Gasteiger partial charge is 0.130 e. The van der Waals surface area contributed by atoms with Crippen molar-refractivity contribution >= 4 is 11.9 Å². The minimum Gasteiger partial charge on any atom is -0.493 e. The molecule has 6 nitrogen and oxygen atoms in total. The fourth-order valence-electron chi connectivity index (χ4n) is 3.51. The van der Waals surface area contributed by atoms with Gasteiger partial charge in [-0.25, -0.2) is 4.98 Å². The minimum absolute atomic E-state index is 0.203. The molecule has 0 aliphatic carbocycles. The van der Waals surface area contributed by atoms with Crippen LogP contribution in [0, 0.1) is 5.41 Å². The van der Waals surface area contributed by atoms with Crippen molar-refractivity contribution in [2.75, 3.05) is 19.7 Å². The van der Waals surface area contributed by atoms with Crippen LogP contribution in [0.15, 0.2) is 36.2 Å². The maximum Gasteiger partial charge on any atom is 0.130 e. The second-order valence-corrected chi connectivity index (χ2v) is 6.82. The normalized spacial score (nSPS) is 17.7. The standard InChI is InChI=1S/C20H24N4O2/c1-14(12-19-22-7-8-23-19)20(21)24-9-4-16(5-10-24)26-17-2-3-18-15(13-17)6-11-25-18/h2-3,7-8,12-13,16,21H,4-6,9-11H2,1H3,(H,22,23)/b14-12-,21-20?. The molecule has 0 saturated carbocycles. The second kappa shape index (κ2) is 7.23. The molecule has 0 spiro atoms. The monoisotopic (exact) mass is 352 g/mol. The summed E-state index contributed by atoms with van der Waals surface area (Å²) < 4.78 is 11.7. The maximum atomic E-state index is 8.42. The first-order valence-corrected chi connectivity index (χ1v) is 9.13. The molecule has 0 amide bonds. The van der Waals surface area contributed by atoms with Crippen molar-refractivity contribution < 1.29 is 9.47 Å². The van der Waals surface area contributed by atoms with Crippen molar-refractivity contribution in [2.24, 2.45) is 0 Å². The lowest BCUT2D eigenvalue weighted by atomic mass is 10.1. The zero-order valence-corrected chi connectivity index (χ0v) is 15.0. The van der Waals surface area contributed by atoms with E-state index in [1.165, 1.54) is 5.56 Å². The average Bonchev–Trinajstić information content (AvgIpc) is 3.33. The first kappa shape index (κ1) is 16.7. The molecule has 2 aliphatic heterocycles. The molecule has 0 unspecified atom stereocenters. The molecule has 6 heteroatoms. The van der Waals surface area contributed by atoms with Gasteiger partial charge in [-0.3, -0.25) is 5.41 Å². The van der Waals surface area contributed by atoms with Crippen LogP contribution in [-0.2, 0) is 6.42 Å². The summed E-state index contributed by atoms with van der Waals surface area (Å²) in [5.41, 5.74) is 2.15. The molecule has 2 aromatic rings. The van der Waals surface area contributed by atoms with Crippen molar-refractivity contribution in [1.29, 1.82) is 5.41 Å². The Balaban J connectivity index is 1.32. The molecule has 0 bridgehead atoms. The van der Waals surface area contributed by atoms with E-state index in [0.717, 1.165) is 61.9 Å². The molecule has 1 fully saturated rings. The predicted octanol–water partition coefficient (Wildman–Crippen LogP) is 3.27. The average molecular weight is 352 g/mol. The third-order valence-corrected chi connectivity index (χ3v) is 4.97. The summed E-state index contributed by atoms with van der Waals surface area (Å²) in [5, 5.41) is 8.42. The van der Waals surface area contributed by atoms with Gasteiger partial charge < -0.3 is 19.4 Å². The number of nitrogens with zero attached hydrogens (tertiary/aromatic N) is 2. The number of rotatable bonds is 4. The van der Waals surface area contributed by atoms with Gasteiger partial charge in [0.2, 0.25) is 0 Å². The lowest BCUT2D eigenvalue weighted by Gasteiger charge is -2.34. The highest BCUT2D eigenvalue weighted by Crippen LogP contribution is 2.30. The van der Waals surface area contributed by atoms with Crippen LogP contribution < -0.4 is 9.47 Å². The van der Waals surface area contributed by atoms with Gasteiger partial charge in [0.15, 0.2) is 0 Å². The molecule has 0 radical (unpaired) electrons. The van der Waals surface area contributed by atoms with Crippen LogP contribution in [0.2, 0.25) is 0 Å². The number of likely N-dealkylation sites (tertiary alicyclic amines) is 1. The first-order chi connectivity index (χ1) is 12.7. The Labute approximate surface area is 153 Å². The SMILES string of the molecule is C/C(=C/c1ncc[nH]1)C(=N)N1CCC(Oc2ccc3c(c2)CCO3)CC1. The van der Waals surface area contributed by atoms with Gasteiger partial charge in [0.1, 0.15) is 29.3 Å². The van der Waals surface area contributed by atoms with Gasteiger partial charge in [-0.2, -0.15) is 0 Å². The van der Waals surface area contributed by atoms with Crippen LogP contribution in [0.4, 0.5) is 0 Å². The molecular weight excluding hydrogens is 328 g/mol. The molecule has 4 rings (SSSR count). The quantitative estimate of drug-likeness (QED) is 0.654. The summed E-state index contributed by atoms with van der Waals surface area (Å²) in [6.07, 6.45) is 8.43. The van der Waals surface area contributed by atoms with E-state index in [1.807, 2.05) is 25.1 Å². The van der Waals surface area contributed by atoms with E-state index in [0.29, 0.717) is 5.84 Å². The van der Waals surface area contributed by atoms with E-state index in [-0.39, 0.29) is 6.10 Å². The lowest BCUT2D eigenvalue weighted by molar-refractivity contribution is 0.131. The van der Waals surface area contributed by atoms with E-state index in [2.05, 4.69) is 20.9 Å². The lowest BCUT2D eigenvalue weighted by Crippen LogP contribution is -2.41. The molecule has 0 atom stereocenters. The van der Waals surface area contributed by atoms with Crippen LogP contribution in [0.3, 0.4) is 0 Å². The van der Waals surface area contributed by atoms with Gasteiger partial charge in [-0.05, 0) is 36.8 Å². The Morgan fingerprint density at radius 3 is 3.00 bits per heavy atom. The number of fused-ring (bicyclic) bond motifs is 1. The number of hydrogen-bond acceptors (Lipinski definition) is 4. The third-order valence-electron chi connectivity index (χ3n) is 4.97. The van der Waals surface area contributed by atoms with Gasteiger partial charge in [0, 0.05) is 50.3 Å². The van der Waals surface area contributed by atoms with E-state index in [4.69, 9.17) is 14.9 Å². The second-order valence-electron chi connectivity index (χ2n) is 6.82. The number of nitrogens with one attached hydrogen (secondary N) is 2. The van der Waals surface area contributed by atoms with E-state index < -0.39 is 0 Å². The third kappa shape index (κ3) is 3.59. The zero-order chi connectivity index (χ0) is 17.9. The molecule has 3 heterocycles. The number of amidine groups is 1. The largest absolute Gasteiger partial charge is 0.493 e. The van der Waals surface area contributed by atoms with E-state index in [9.17, 15) is 0 Å². The Morgan fingerprint density at radius 1 is 1.38 bits per heavy atom. The van der Waals surface area contributed by atoms with Crippen molar-refractivity contribution in [1.82, 2.24) is 14.9 Å². The van der Waals surface area contributed by atoms with Crippen molar-refractivity contribution in [3.8, 4) is 11.5 Å². The fraction of sp³-hybridized carbons (Fsp3) is 0.400. The highest BCUT2D eigenvalue weighted by molar-refractivity contribution is 5.99. The molecule has 26 heavy (non-hydrogen) atoms. The summed E-state index contributed by atoms with van der Waals surface area (Å²) >= 11 is 0. The van der Waals surface area contributed by atoms with Crippen molar-refractivity contribution in [2.45, 2.75) is 32.3 Å². The summed E-state index contributed by atoms with van der Waals surface area (Å²) in [4.78, 5) is 9.35. The van der Waals surface area contributed by atoms with Crippen molar-refractivity contribution in [3.63, 3.8) is 0 Å². The van der Waals surface area contributed by atoms with Gasteiger partial charge in [0.05, 0.1) is 6.61 Å². The van der Waals surface area contributed by atoms with Crippen LogP contribution >= 0.6 is 0 Å². The number of piperidine rings is 1. The molecule has 1 saturated heterocycles. The number of H-pyrrole nitrogens is 1. The van der Waals surface area contributed by atoms with E-state index >= 15 is 0 Å². The van der Waals surface area contributed by atoms with E-state index in [1.54, 1.807) is 12.4 Å². The van der Waals surface area contributed by atoms with Gasteiger partial charge >= 0.3 is 0 Å². The van der Waals surface area contributed by atoms with Gasteiger partial charge in [-0.1, -0.05) is 0 Å².